The third-order valence-corrected chi connectivity index (χ3v) is 5.46. The average Bonchev–Trinajstić information content (AvgIpc) is 2.45. The van der Waals surface area contributed by atoms with Gasteiger partial charge in [0.2, 0.25) is 0 Å². The maximum absolute atomic E-state index is 11.2. The van der Waals surface area contributed by atoms with E-state index in [0.717, 1.165) is 26.2 Å². The van der Waals surface area contributed by atoms with Crippen molar-refractivity contribution in [3.8, 4) is 0 Å². The highest BCUT2D eigenvalue weighted by Crippen LogP contribution is 2.20. The molecule has 0 aromatic rings. The van der Waals surface area contributed by atoms with Gasteiger partial charge in [-0.25, -0.2) is 8.42 Å². The van der Waals surface area contributed by atoms with Gasteiger partial charge in [-0.3, -0.25) is 4.90 Å². The number of hydrogen-bond acceptors (Lipinski definition) is 4. The van der Waals surface area contributed by atoms with Gasteiger partial charge in [0, 0.05) is 38.0 Å². The van der Waals surface area contributed by atoms with E-state index in [1.165, 1.54) is 38.4 Å². The second-order valence-electron chi connectivity index (χ2n) is 7.36. The Bertz CT molecular complexity index is 390. The van der Waals surface area contributed by atoms with Gasteiger partial charge in [-0.2, -0.15) is 0 Å². The van der Waals surface area contributed by atoms with Crippen molar-refractivity contribution in [1.82, 2.24) is 9.80 Å². The Morgan fingerprint density at radius 2 is 1.52 bits per heavy atom. The Morgan fingerprint density at radius 1 is 0.957 bits per heavy atom. The van der Waals surface area contributed by atoms with Crippen LogP contribution in [-0.4, -0.2) is 68.5 Å². The quantitative estimate of drug-likeness (QED) is 0.630. The molecule has 5 heteroatoms. The zero-order chi connectivity index (χ0) is 17.9. The first-order valence-corrected chi connectivity index (χ1v) is 11.4. The molecular weight excluding hydrogens is 308 g/mol. The molecule has 23 heavy (non-hydrogen) atoms. The lowest BCUT2D eigenvalue weighted by Gasteiger charge is -2.47. The fraction of sp³-hybridized carbons (Fsp3) is 1.00. The van der Waals surface area contributed by atoms with Crippen LogP contribution in [0.2, 0.25) is 0 Å². The average molecular weight is 349 g/mol. The van der Waals surface area contributed by atoms with Gasteiger partial charge in [0.15, 0.2) is 0 Å². The Hall–Kier alpha value is -0.130. The summed E-state index contributed by atoms with van der Waals surface area (Å²) in [5.41, 5.74) is 0.0823. The molecule has 0 radical (unpaired) electrons. The van der Waals surface area contributed by atoms with Gasteiger partial charge in [0.25, 0.3) is 0 Å². The monoisotopic (exact) mass is 348 g/mol. The standard InChI is InChI=1S/C11H24N2O2S.C7H16/c1-5-12-6-7-13(11(2,3)10-12)8-9-16(4,14)15;1-3-5-7-6-4-2/h5-10H2,1-4H3;3-7H2,1-2H3. The molecule has 1 aliphatic heterocycles. The van der Waals surface area contributed by atoms with Crippen LogP contribution in [0.5, 0.6) is 0 Å². The molecule has 0 N–H and O–H groups in total. The Morgan fingerprint density at radius 3 is 1.91 bits per heavy atom. The van der Waals surface area contributed by atoms with E-state index in [1.807, 2.05) is 0 Å². The summed E-state index contributed by atoms with van der Waals surface area (Å²) in [6.45, 7) is 15.8. The normalized spacial score (nSPS) is 19.2. The van der Waals surface area contributed by atoms with E-state index >= 15 is 0 Å². The largest absolute Gasteiger partial charge is 0.301 e. The second-order valence-corrected chi connectivity index (χ2v) is 9.62. The minimum Gasteiger partial charge on any atom is -0.301 e. The molecule has 4 nitrogen and oxygen atoms in total. The van der Waals surface area contributed by atoms with E-state index < -0.39 is 9.84 Å². The highest BCUT2D eigenvalue weighted by molar-refractivity contribution is 7.90. The van der Waals surface area contributed by atoms with E-state index in [1.54, 1.807) is 0 Å². The first-order chi connectivity index (χ1) is 10.7. The molecule has 1 fully saturated rings. The maximum Gasteiger partial charge on any atom is 0.148 e. The third kappa shape index (κ3) is 11.1. The molecule has 0 saturated carbocycles. The van der Waals surface area contributed by atoms with Crippen molar-refractivity contribution in [2.75, 3.05) is 44.7 Å². The molecule has 1 rings (SSSR count). The van der Waals surface area contributed by atoms with Gasteiger partial charge in [0.1, 0.15) is 9.84 Å². The molecule has 0 spiro atoms. The fourth-order valence-corrected chi connectivity index (χ4v) is 3.48. The van der Waals surface area contributed by atoms with Crippen LogP contribution in [0.25, 0.3) is 0 Å². The lowest BCUT2D eigenvalue weighted by Crippen LogP contribution is -2.59. The molecule has 0 amide bonds. The number of hydrogen-bond donors (Lipinski definition) is 0. The smallest absolute Gasteiger partial charge is 0.148 e. The van der Waals surface area contributed by atoms with Crippen LogP contribution in [0.3, 0.4) is 0 Å². The van der Waals surface area contributed by atoms with Gasteiger partial charge < -0.3 is 4.90 Å². The van der Waals surface area contributed by atoms with Crippen molar-refractivity contribution in [2.45, 2.75) is 72.3 Å². The molecular formula is C18H40N2O2S. The zero-order valence-corrected chi connectivity index (χ0v) is 17.2. The van der Waals surface area contributed by atoms with Crippen LogP contribution in [0.4, 0.5) is 0 Å². The summed E-state index contributed by atoms with van der Waals surface area (Å²) >= 11 is 0. The van der Waals surface area contributed by atoms with Crippen LogP contribution in [-0.2, 0) is 9.84 Å². The Kier molecular flexibility index (Phi) is 11.4. The Labute approximate surface area is 145 Å². The summed E-state index contributed by atoms with van der Waals surface area (Å²) in [4.78, 5) is 4.71. The molecule has 0 aliphatic carbocycles. The minimum absolute atomic E-state index is 0.0823. The van der Waals surface area contributed by atoms with Crippen molar-refractivity contribution in [2.24, 2.45) is 0 Å². The van der Waals surface area contributed by atoms with Crippen molar-refractivity contribution < 1.29 is 8.42 Å². The van der Waals surface area contributed by atoms with E-state index in [4.69, 9.17) is 0 Å². The molecule has 0 unspecified atom stereocenters. The lowest BCUT2D eigenvalue weighted by atomic mass is 9.99. The number of piperazine rings is 1. The highest BCUT2D eigenvalue weighted by atomic mass is 32.2. The summed E-state index contributed by atoms with van der Waals surface area (Å²) < 4.78 is 22.3. The maximum atomic E-state index is 11.2. The first-order valence-electron chi connectivity index (χ1n) is 9.31. The summed E-state index contributed by atoms with van der Waals surface area (Å²) in [6.07, 6.45) is 8.32. The topological polar surface area (TPSA) is 40.6 Å². The van der Waals surface area contributed by atoms with Crippen LogP contribution < -0.4 is 0 Å². The van der Waals surface area contributed by atoms with Crippen LogP contribution in [0.1, 0.15) is 66.7 Å². The highest BCUT2D eigenvalue weighted by Gasteiger charge is 2.32. The van der Waals surface area contributed by atoms with Crippen LogP contribution in [0.15, 0.2) is 0 Å². The fourth-order valence-electron chi connectivity index (χ4n) is 2.93. The third-order valence-electron chi connectivity index (χ3n) is 4.54. The first kappa shape index (κ1) is 22.9. The van der Waals surface area contributed by atoms with Gasteiger partial charge in [0.05, 0.1) is 5.75 Å². The number of rotatable bonds is 8. The zero-order valence-electron chi connectivity index (χ0n) is 16.4. The van der Waals surface area contributed by atoms with Crippen molar-refractivity contribution in [3.63, 3.8) is 0 Å². The summed E-state index contributed by atoms with van der Waals surface area (Å²) in [5.74, 6) is 0.266. The molecule has 0 bridgehead atoms. The predicted molar refractivity (Wildman–Crippen MR) is 102 cm³/mol. The SMILES string of the molecule is CCCCCCC.CCN1CCN(CCS(C)(=O)=O)C(C)(C)C1. The number of unbranched alkanes of at least 4 members (excludes halogenated alkanes) is 4. The van der Waals surface area contributed by atoms with Crippen LogP contribution >= 0.6 is 0 Å². The van der Waals surface area contributed by atoms with Crippen molar-refractivity contribution in [3.05, 3.63) is 0 Å². The Balaban J connectivity index is 0.000000585. The van der Waals surface area contributed by atoms with E-state index in [0.29, 0.717) is 6.54 Å². The number of nitrogens with zero attached hydrogens (tertiary/aromatic N) is 2. The molecule has 140 valence electrons. The number of likely N-dealkylation sites (N-methyl/N-ethyl adjacent to an activating group) is 1. The minimum atomic E-state index is -2.85. The van der Waals surface area contributed by atoms with Gasteiger partial charge >= 0.3 is 0 Å². The molecule has 1 saturated heterocycles. The lowest BCUT2D eigenvalue weighted by molar-refractivity contribution is 0.0270. The second kappa shape index (κ2) is 11.4. The molecule has 0 atom stereocenters. The summed E-state index contributed by atoms with van der Waals surface area (Å²) in [6, 6.07) is 0. The summed E-state index contributed by atoms with van der Waals surface area (Å²) in [5, 5.41) is 0. The van der Waals surface area contributed by atoms with Gasteiger partial charge in [-0.1, -0.05) is 52.9 Å². The molecule has 1 heterocycles. The van der Waals surface area contributed by atoms with E-state index in [-0.39, 0.29) is 11.3 Å². The molecule has 0 aromatic carbocycles. The van der Waals surface area contributed by atoms with E-state index in [2.05, 4.69) is 44.4 Å². The molecule has 0 aromatic heterocycles. The summed E-state index contributed by atoms with van der Waals surface area (Å²) in [7, 11) is -2.85. The van der Waals surface area contributed by atoms with Gasteiger partial charge in [-0.15, -0.1) is 0 Å². The van der Waals surface area contributed by atoms with Crippen LogP contribution in [0, 0.1) is 0 Å². The van der Waals surface area contributed by atoms with Crippen molar-refractivity contribution in [1.29, 1.82) is 0 Å². The van der Waals surface area contributed by atoms with Crippen molar-refractivity contribution >= 4 is 9.84 Å². The van der Waals surface area contributed by atoms with E-state index in [9.17, 15) is 8.42 Å². The number of sulfone groups is 1. The van der Waals surface area contributed by atoms with Gasteiger partial charge in [-0.05, 0) is 20.4 Å². The predicted octanol–water partition coefficient (Wildman–Crippen LogP) is 3.42. The molecule has 1 aliphatic rings.